The second-order valence-corrected chi connectivity index (χ2v) is 5.51. The maximum Gasteiger partial charge on any atom is 0.490 e. The van der Waals surface area contributed by atoms with Gasteiger partial charge in [-0.1, -0.05) is 12.8 Å². The third-order valence-electron chi connectivity index (χ3n) is 3.93. The van der Waals surface area contributed by atoms with E-state index in [0.29, 0.717) is 5.92 Å². The average Bonchev–Trinajstić information content (AvgIpc) is 3.25. The van der Waals surface area contributed by atoms with Crippen LogP contribution in [0.1, 0.15) is 37.4 Å². The van der Waals surface area contributed by atoms with Gasteiger partial charge in [0.05, 0.1) is 11.7 Å². The Morgan fingerprint density at radius 1 is 1.29 bits per heavy atom. The second-order valence-electron chi connectivity index (χ2n) is 5.51. The van der Waals surface area contributed by atoms with Crippen molar-refractivity contribution in [2.24, 2.45) is 0 Å². The molecule has 0 radical (unpaired) electrons. The number of halogens is 3. The zero-order valence-corrected chi connectivity index (χ0v) is 12.4. The number of aliphatic carboxylic acids is 1. The summed E-state index contributed by atoms with van der Waals surface area (Å²) in [5.74, 6) is -1.09. The van der Waals surface area contributed by atoms with Gasteiger partial charge in [0.2, 0.25) is 0 Å². The first-order valence-electron chi connectivity index (χ1n) is 7.35. The van der Waals surface area contributed by atoms with Gasteiger partial charge in [-0.3, -0.25) is 4.40 Å². The quantitative estimate of drug-likeness (QED) is 0.709. The number of carboxylic acid groups (broad SMARTS) is 1. The van der Waals surface area contributed by atoms with Crippen LogP contribution in [0.25, 0.3) is 16.8 Å². The van der Waals surface area contributed by atoms with Crippen molar-refractivity contribution in [3.8, 4) is 0 Å². The van der Waals surface area contributed by atoms with E-state index in [0.717, 1.165) is 22.6 Å². The minimum absolute atomic E-state index is 0.561. The third-order valence-corrected chi connectivity index (χ3v) is 3.93. The summed E-state index contributed by atoms with van der Waals surface area (Å²) >= 11 is 0. The first kappa shape index (κ1) is 16.2. The summed E-state index contributed by atoms with van der Waals surface area (Å²) in [6.07, 6.45) is 3.69. The fraction of sp³-hybridized carbons (Fsp3) is 0.429. The van der Waals surface area contributed by atoms with Crippen molar-refractivity contribution < 1.29 is 23.1 Å². The smallest absolute Gasteiger partial charge is 0.475 e. The number of hydrogen-bond donors (Lipinski definition) is 2. The standard InChI is InChI=1S/C12H13N5.C2HF3O2/c1-2-4-8(3-1)12-16-15-10-7-14-11-9(17(10)12)5-6-13-11;3-2(4,5)1(6)7/h5-8,13H,1-4H2;(H,6,7). The van der Waals surface area contributed by atoms with Crippen molar-refractivity contribution in [2.75, 3.05) is 0 Å². The molecule has 4 rings (SSSR count). The molecule has 0 spiro atoms. The molecular weight excluding hydrogens is 327 g/mol. The van der Waals surface area contributed by atoms with Gasteiger partial charge < -0.3 is 10.1 Å². The number of alkyl halides is 3. The van der Waals surface area contributed by atoms with Gasteiger partial charge in [-0.25, -0.2) is 9.78 Å². The predicted octanol–water partition coefficient (Wildman–Crippen LogP) is 2.90. The highest BCUT2D eigenvalue weighted by molar-refractivity contribution is 5.74. The summed E-state index contributed by atoms with van der Waals surface area (Å²) < 4.78 is 33.9. The van der Waals surface area contributed by atoms with Crippen molar-refractivity contribution in [1.82, 2.24) is 24.6 Å². The molecule has 1 aliphatic rings. The van der Waals surface area contributed by atoms with E-state index in [1.165, 1.54) is 25.7 Å². The SMILES string of the molecule is O=C(O)C(F)(F)F.c1cc2c(ncc3nnc(C4CCCC4)n32)[nH]1. The summed E-state index contributed by atoms with van der Waals surface area (Å²) in [6.45, 7) is 0. The lowest BCUT2D eigenvalue weighted by molar-refractivity contribution is -0.192. The summed E-state index contributed by atoms with van der Waals surface area (Å²) in [7, 11) is 0. The Bertz CT molecular complexity index is 864. The minimum atomic E-state index is -5.08. The summed E-state index contributed by atoms with van der Waals surface area (Å²) in [6, 6.07) is 2.04. The van der Waals surface area contributed by atoms with E-state index < -0.39 is 12.1 Å². The van der Waals surface area contributed by atoms with Crippen molar-refractivity contribution in [3.63, 3.8) is 0 Å². The molecule has 0 saturated heterocycles. The topological polar surface area (TPSA) is 96.2 Å². The maximum absolute atomic E-state index is 10.6. The molecular formula is C14H14F3N5O2. The van der Waals surface area contributed by atoms with Crippen molar-refractivity contribution in [2.45, 2.75) is 37.8 Å². The normalized spacial score (nSPS) is 15.6. The fourth-order valence-electron chi connectivity index (χ4n) is 2.85. The Morgan fingerprint density at radius 3 is 2.58 bits per heavy atom. The highest BCUT2D eigenvalue weighted by Gasteiger charge is 2.38. The minimum Gasteiger partial charge on any atom is -0.475 e. The molecule has 2 N–H and O–H groups in total. The Morgan fingerprint density at radius 2 is 1.96 bits per heavy atom. The lowest BCUT2D eigenvalue weighted by Crippen LogP contribution is -2.21. The van der Waals surface area contributed by atoms with E-state index >= 15 is 0 Å². The Labute approximate surface area is 133 Å². The van der Waals surface area contributed by atoms with E-state index in [9.17, 15) is 13.2 Å². The Balaban J connectivity index is 0.000000209. The van der Waals surface area contributed by atoms with Crippen molar-refractivity contribution >= 4 is 22.8 Å². The number of aromatic nitrogens is 5. The van der Waals surface area contributed by atoms with Crippen LogP contribution in [0.5, 0.6) is 0 Å². The lowest BCUT2D eigenvalue weighted by atomic mass is 10.1. The molecule has 3 aromatic heterocycles. The molecule has 1 saturated carbocycles. The van der Waals surface area contributed by atoms with Gasteiger partial charge in [0.25, 0.3) is 0 Å². The number of carboxylic acids is 1. The number of hydrogen-bond acceptors (Lipinski definition) is 4. The molecule has 1 fully saturated rings. The maximum atomic E-state index is 10.6. The molecule has 0 atom stereocenters. The predicted molar refractivity (Wildman–Crippen MR) is 77.5 cm³/mol. The molecule has 0 aliphatic heterocycles. The molecule has 0 aromatic carbocycles. The van der Waals surface area contributed by atoms with E-state index in [1.54, 1.807) is 6.20 Å². The van der Waals surface area contributed by atoms with Gasteiger partial charge in [-0.15, -0.1) is 10.2 Å². The number of carbonyl (C=O) groups is 1. The summed E-state index contributed by atoms with van der Waals surface area (Å²) in [5, 5.41) is 15.7. The monoisotopic (exact) mass is 341 g/mol. The Kier molecular flexibility index (Phi) is 4.12. The third kappa shape index (κ3) is 3.03. The second kappa shape index (κ2) is 6.10. The molecule has 128 valence electrons. The van der Waals surface area contributed by atoms with Crippen LogP contribution in [0.3, 0.4) is 0 Å². The van der Waals surface area contributed by atoms with Gasteiger partial charge >= 0.3 is 12.1 Å². The largest absolute Gasteiger partial charge is 0.490 e. The van der Waals surface area contributed by atoms with E-state index in [1.807, 2.05) is 12.3 Å². The molecule has 1 aliphatic carbocycles. The number of fused-ring (bicyclic) bond motifs is 3. The van der Waals surface area contributed by atoms with Gasteiger partial charge in [-0.05, 0) is 18.9 Å². The number of aromatic amines is 1. The Hall–Kier alpha value is -2.65. The first-order valence-corrected chi connectivity index (χ1v) is 7.35. The molecule has 0 amide bonds. The highest BCUT2D eigenvalue weighted by Crippen LogP contribution is 2.33. The van der Waals surface area contributed by atoms with Crippen LogP contribution >= 0.6 is 0 Å². The van der Waals surface area contributed by atoms with E-state index in [4.69, 9.17) is 9.90 Å². The van der Waals surface area contributed by atoms with Crippen LogP contribution in [0.4, 0.5) is 13.2 Å². The van der Waals surface area contributed by atoms with E-state index in [-0.39, 0.29) is 0 Å². The molecule has 0 bridgehead atoms. The van der Waals surface area contributed by atoms with Gasteiger partial charge in [0.15, 0.2) is 11.3 Å². The molecule has 0 unspecified atom stereocenters. The van der Waals surface area contributed by atoms with Crippen LogP contribution < -0.4 is 0 Å². The van der Waals surface area contributed by atoms with Gasteiger partial charge in [0, 0.05) is 12.1 Å². The molecule has 7 nitrogen and oxygen atoms in total. The molecule has 10 heteroatoms. The number of H-pyrrole nitrogens is 1. The molecule has 24 heavy (non-hydrogen) atoms. The number of rotatable bonds is 1. The zero-order chi connectivity index (χ0) is 17.3. The van der Waals surface area contributed by atoms with Crippen LogP contribution in [0, 0.1) is 0 Å². The van der Waals surface area contributed by atoms with Crippen LogP contribution in [0.2, 0.25) is 0 Å². The fourth-order valence-corrected chi connectivity index (χ4v) is 2.85. The molecule has 3 aromatic rings. The lowest BCUT2D eigenvalue weighted by Gasteiger charge is -2.06. The van der Waals surface area contributed by atoms with E-state index in [2.05, 4.69) is 24.6 Å². The van der Waals surface area contributed by atoms with Crippen LogP contribution in [-0.2, 0) is 4.79 Å². The van der Waals surface area contributed by atoms with Gasteiger partial charge in [0.1, 0.15) is 5.82 Å². The first-order chi connectivity index (χ1) is 11.4. The molecule has 3 heterocycles. The number of nitrogens with zero attached hydrogens (tertiary/aromatic N) is 4. The van der Waals surface area contributed by atoms with Gasteiger partial charge in [-0.2, -0.15) is 13.2 Å². The van der Waals surface area contributed by atoms with Crippen LogP contribution in [-0.4, -0.2) is 41.8 Å². The van der Waals surface area contributed by atoms with Crippen molar-refractivity contribution in [1.29, 1.82) is 0 Å². The summed E-state index contributed by atoms with van der Waals surface area (Å²) in [5.41, 5.74) is 2.82. The average molecular weight is 341 g/mol. The van der Waals surface area contributed by atoms with Crippen molar-refractivity contribution in [3.05, 3.63) is 24.3 Å². The summed E-state index contributed by atoms with van der Waals surface area (Å²) in [4.78, 5) is 16.4. The zero-order valence-electron chi connectivity index (χ0n) is 12.4. The van der Waals surface area contributed by atoms with Crippen LogP contribution in [0.15, 0.2) is 18.5 Å². The number of nitrogens with one attached hydrogen (secondary N) is 1. The highest BCUT2D eigenvalue weighted by atomic mass is 19.4.